The number of phenols is 1. The van der Waals surface area contributed by atoms with Crippen molar-refractivity contribution in [2.45, 2.75) is 71.6 Å². The summed E-state index contributed by atoms with van der Waals surface area (Å²) in [5.74, 6) is 1.22. The fourth-order valence-corrected chi connectivity index (χ4v) is 4.40. The number of hydrogen-bond donors (Lipinski definition) is 3. The molecule has 0 aliphatic carbocycles. The Hall–Kier alpha value is -3.47. The molecule has 37 heavy (non-hydrogen) atoms. The second-order valence-corrected chi connectivity index (χ2v) is 11.7. The van der Waals surface area contributed by atoms with Crippen LogP contribution in [0.2, 0.25) is 0 Å². The highest BCUT2D eigenvalue weighted by molar-refractivity contribution is 5.90. The maximum atomic E-state index is 12.6. The summed E-state index contributed by atoms with van der Waals surface area (Å²) in [5, 5.41) is 17.0. The Morgan fingerprint density at radius 1 is 0.811 bits per heavy atom. The van der Waals surface area contributed by atoms with Gasteiger partial charge in [-0.25, -0.2) is 4.79 Å². The molecule has 3 N–H and O–H groups in total. The van der Waals surface area contributed by atoms with E-state index in [0.717, 1.165) is 53.0 Å². The SMILES string of the molecule is COc1ccc(CCNC(=O)Nc2ccccc2CCc2cc(C(C)(C)C)c(O)c(C(C)(C)C)c2)cc1. The van der Waals surface area contributed by atoms with Crippen LogP contribution >= 0.6 is 0 Å². The third-order valence-corrected chi connectivity index (χ3v) is 6.59. The maximum absolute atomic E-state index is 12.6. The first-order valence-electron chi connectivity index (χ1n) is 13.0. The predicted octanol–water partition coefficient (Wildman–Crippen LogP) is 7.15. The highest BCUT2D eigenvalue weighted by atomic mass is 16.5. The Bertz CT molecular complexity index is 1170. The largest absolute Gasteiger partial charge is 0.507 e. The van der Waals surface area contributed by atoms with E-state index in [1.807, 2.05) is 42.5 Å². The average Bonchev–Trinajstić information content (AvgIpc) is 2.83. The summed E-state index contributed by atoms with van der Waals surface area (Å²) >= 11 is 0. The number of methoxy groups -OCH3 is 1. The molecule has 5 nitrogen and oxygen atoms in total. The molecule has 0 spiro atoms. The molecule has 0 fully saturated rings. The Kier molecular flexibility index (Phi) is 8.90. The molecule has 0 saturated carbocycles. The molecule has 0 aliphatic heterocycles. The number of phenolic OH excluding ortho intramolecular Hbond substituents is 1. The minimum absolute atomic E-state index is 0.163. The van der Waals surface area contributed by atoms with E-state index in [0.29, 0.717) is 12.3 Å². The fourth-order valence-electron chi connectivity index (χ4n) is 4.40. The second kappa shape index (κ2) is 11.7. The lowest BCUT2D eigenvalue weighted by Crippen LogP contribution is -2.30. The van der Waals surface area contributed by atoms with Gasteiger partial charge in [0.05, 0.1) is 7.11 Å². The maximum Gasteiger partial charge on any atom is 0.319 e. The first-order valence-corrected chi connectivity index (χ1v) is 13.0. The predicted molar refractivity (Wildman–Crippen MR) is 153 cm³/mol. The Labute approximate surface area is 222 Å². The van der Waals surface area contributed by atoms with Crippen molar-refractivity contribution in [3.8, 4) is 11.5 Å². The summed E-state index contributed by atoms with van der Waals surface area (Å²) < 4.78 is 5.19. The second-order valence-electron chi connectivity index (χ2n) is 11.7. The van der Waals surface area contributed by atoms with Crippen LogP contribution in [-0.4, -0.2) is 24.8 Å². The molecule has 0 bridgehead atoms. The van der Waals surface area contributed by atoms with Crippen molar-refractivity contribution in [3.05, 3.63) is 88.5 Å². The van der Waals surface area contributed by atoms with Crippen LogP contribution < -0.4 is 15.4 Å². The van der Waals surface area contributed by atoms with E-state index in [2.05, 4.69) is 70.4 Å². The average molecular weight is 503 g/mol. The smallest absolute Gasteiger partial charge is 0.319 e. The molecule has 3 aromatic carbocycles. The lowest BCUT2D eigenvalue weighted by molar-refractivity contribution is 0.252. The number of rotatable bonds is 8. The van der Waals surface area contributed by atoms with Crippen molar-refractivity contribution in [1.82, 2.24) is 5.32 Å². The zero-order valence-corrected chi connectivity index (χ0v) is 23.4. The van der Waals surface area contributed by atoms with Gasteiger partial charge in [-0.2, -0.15) is 0 Å². The molecule has 0 saturated heterocycles. The number of carbonyl (C=O) groups is 1. The number of urea groups is 1. The Balaban J connectivity index is 1.67. The molecule has 5 heteroatoms. The Morgan fingerprint density at radius 3 is 1.97 bits per heavy atom. The van der Waals surface area contributed by atoms with Gasteiger partial charge in [0, 0.05) is 12.2 Å². The van der Waals surface area contributed by atoms with E-state index in [9.17, 15) is 9.90 Å². The van der Waals surface area contributed by atoms with E-state index in [-0.39, 0.29) is 16.9 Å². The summed E-state index contributed by atoms with van der Waals surface area (Å²) in [6, 6.07) is 19.9. The summed E-state index contributed by atoms with van der Waals surface area (Å²) in [7, 11) is 1.65. The molecular formula is C32H42N2O3. The molecule has 0 aromatic heterocycles. The van der Waals surface area contributed by atoms with Gasteiger partial charge in [-0.3, -0.25) is 0 Å². The third kappa shape index (κ3) is 7.75. The Morgan fingerprint density at radius 2 is 1.41 bits per heavy atom. The van der Waals surface area contributed by atoms with Gasteiger partial charge in [-0.15, -0.1) is 0 Å². The molecule has 0 heterocycles. The summed E-state index contributed by atoms with van der Waals surface area (Å²) in [4.78, 5) is 12.6. The van der Waals surface area contributed by atoms with Gasteiger partial charge in [-0.1, -0.05) is 84.0 Å². The van der Waals surface area contributed by atoms with Crippen LogP contribution in [0.15, 0.2) is 60.7 Å². The van der Waals surface area contributed by atoms with Crippen LogP contribution in [0.25, 0.3) is 0 Å². The number of hydrogen-bond acceptors (Lipinski definition) is 3. The van der Waals surface area contributed by atoms with Crippen LogP contribution in [-0.2, 0) is 30.1 Å². The first kappa shape index (κ1) is 28.1. The molecule has 0 aliphatic rings. The highest BCUT2D eigenvalue weighted by Gasteiger charge is 2.26. The number of para-hydroxylation sites is 1. The number of nitrogens with one attached hydrogen (secondary N) is 2. The molecule has 0 atom stereocenters. The van der Waals surface area contributed by atoms with Crippen molar-refractivity contribution in [2.24, 2.45) is 0 Å². The van der Waals surface area contributed by atoms with Crippen molar-refractivity contribution in [2.75, 3.05) is 19.0 Å². The number of aromatic hydroxyl groups is 1. The molecule has 3 aromatic rings. The molecule has 0 radical (unpaired) electrons. The monoisotopic (exact) mass is 502 g/mol. The van der Waals surface area contributed by atoms with Crippen LogP contribution in [0.4, 0.5) is 10.5 Å². The summed E-state index contributed by atoms with van der Waals surface area (Å²) in [5.41, 5.74) is 5.83. The highest BCUT2D eigenvalue weighted by Crippen LogP contribution is 2.40. The summed E-state index contributed by atoms with van der Waals surface area (Å²) in [6.07, 6.45) is 2.33. The first-order chi connectivity index (χ1) is 17.4. The fraction of sp³-hybridized carbons (Fsp3) is 0.406. The van der Waals surface area contributed by atoms with Gasteiger partial charge in [0.25, 0.3) is 0 Å². The van der Waals surface area contributed by atoms with Gasteiger partial charge in [0.1, 0.15) is 11.5 Å². The van der Waals surface area contributed by atoms with Crippen LogP contribution in [0, 0.1) is 0 Å². The standard InChI is InChI=1S/C32H42N2O3/c1-31(2,3)26-20-23(21-27(29(26)35)32(4,5)6)12-15-24-10-8-9-11-28(24)34-30(36)33-19-18-22-13-16-25(37-7)17-14-22/h8-11,13-14,16-17,20-21,35H,12,15,18-19H2,1-7H3,(H2,33,34,36). The van der Waals surface area contributed by atoms with Gasteiger partial charge >= 0.3 is 6.03 Å². The van der Waals surface area contributed by atoms with Gasteiger partial charge in [-0.05, 0) is 76.1 Å². The zero-order valence-electron chi connectivity index (χ0n) is 23.4. The van der Waals surface area contributed by atoms with E-state index >= 15 is 0 Å². The number of ether oxygens (including phenoxy) is 1. The zero-order chi connectivity index (χ0) is 27.2. The normalized spacial score (nSPS) is 11.8. The van der Waals surface area contributed by atoms with Crippen molar-refractivity contribution < 1.29 is 14.6 Å². The number of anilines is 1. The minimum Gasteiger partial charge on any atom is -0.507 e. The van der Waals surface area contributed by atoms with Crippen molar-refractivity contribution >= 4 is 11.7 Å². The van der Waals surface area contributed by atoms with Crippen molar-refractivity contribution in [3.63, 3.8) is 0 Å². The van der Waals surface area contributed by atoms with Crippen LogP contribution in [0.5, 0.6) is 11.5 Å². The molecular weight excluding hydrogens is 460 g/mol. The van der Waals surface area contributed by atoms with Gasteiger partial charge < -0.3 is 20.5 Å². The molecule has 2 amide bonds. The lowest BCUT2D eigenvalue weighted by atomic mass is 9.78. The number of carbonyl (C=O) groups excluding carboxylic acids is 1. The number of benzene rings is 3. The van der Waals surface area contributed by atoms with Gasteiger partial charge in [0.2, 0.25) is 0 Å². The van der Waals surface area contributed by atoms with Crippen LogP contribution in [0.1, 0.15) is 69.4 Å². The number of amides is 2. The lowest BCUT2D eigenvalue weighted by Gasteiger charge is -2.28. The van der Waals surface area contributed by atoms with E-state index in [1.54, 1.807) is 7.11 Å². The van der Waals surface area contributed by atoms with Gasteiger partial charge in [0.15, 0.2) is 0 Å². The molecule has 3 rings (SSSR count). The minimum atomic E-state index is -0.212. The number of aryl methyl sites for hydroxylation is 2. The summed E-state index contributed by atoms with van der Waals surface area (Å²) in [6.45, 7) is 13.3. The van der Waals surface area contributed by atoms with Crippen molar-refractivity contribution in [1.29, 1.82) is 0 Å². The third-order valence-electron chi connectivity index (χ3n) is 6.59. The van der Waals surface area contributed by atoms with E-state index in [4.69, 9.17) is 4.74 Å². The van der Waals surface area contributed by atoms with Crippen LogP contribution in [0.3, 0.4) is 0 Å². The van der Waals surface area contributed by atoms with E-state index in [1.165, 1.54) is 5.56 Å². The molecule has 0 unspecified atom stereocenters. The van der Waals surface area contributed by atoms with E-state index < -0.39 is 0 Å². The topological polar surface area (TPSA) is 70.6 Å². The quantitative estimate of drug-likeness (QED) is 0.306. The molecule has 198 valence electrons.